The molecule has 27 heavy (non-hydrogen) atoms. The SMILES string of the molecule is Cc1cc(C)nc(N2CCN(C(=O)Nc3ccc(S(C)(=O)=O)cc3)CC2)n1. The molecule has 1 saturated heterocycles. The zero-order valence-electron chi connectivity index (χ0n) is 15.6. The lowest BCUT2D eigenvalue weighted by atomic mass is 10.3. The summed E-state index contributed by atoms with van der Waals surface area (Å²) < 4.78 is 23.0. The molecule has 0 aliphatic carbocycles. The Morgan fingerprint density at radius 1 is 1.00 bits per heavy atom. The number of carbonyl (C=O) groups excluding carboxylic acids is 1. The van der Waals surface area contributed by atoms with E-state index in [1.165, 1.54) is 12.1 Å². The van der Waals surface area contributed by atoms with Crippen molar-refractivity contribution in [1.82, 2.24) is 14.9 Å². The van der Waals surface area contributed by atoms with Gasteiger partial charge in [-0.2, -0.15) is 0 Å². The normalized spacial score (nSPS) is 14.9. The predicted octanol–water partition coefficient (Wildman–Crippen LogP) is 1.85. The Balaban J connectivity index is 1.58. The first-order valence-electron chi connectivity index (χ1n) is 8.66. The van der Waals surface area contributed by atoms with Crippen LogP contribution in [0.25, 0.3) is 0 Å². The van der Waals surface area contributed by atoms with Gasteiger partial charge in [-0.25, -0.2) is 23.2 Å². The van der Waals surface area contributed by atoms with Gasteiger partial charge in [-0.15, -0.1) is 0 Å². The first-order valence-corrected chi connectivity index (χ1v) is 10.5. The summed E-state index contributed by atoms with van der Waals surface area (Å²) in [4.78, 5) is 25.4. The third-order valence-electron chi connectivity index (χ3n) is 4.35. The molecule has 0 radical (unpaired) electrons. The highest BCUT2D eigenvalue weighted by Gasteiger charge is 2.23. The quantitative estimate of drug-likeness (QED) is 0.861. The van der Waals surface area contributed by atoms with Gasteiger partial charge in [-0.05, 0) is 44.2 Å². The lowest BCUT2D eigenvalue weighted by Gasteiger charge is -2.34. The highest BCUT2D eigenvalue weighted by molar-refractivity contribution is 7.90. The van der Waals surface area contributed by atoms with Gasteiger partial charge in [-0.3, -0.25) is 0 Å². The molecule has 1 fully saturated rings. The van der Waals surface area contributed by atoms with Crippen molar-refractivity contribution in [1.29, 1.82) is 0 Å². The number of amides is 2. The lowest BCUT2D eigenvalue weighted by Crippen LogP contribution is -2.50. The Hall–Kier alpha value is -2.68. The van der Waals surface area contributed by atoms with Crippen LogP contribution in [0, 0.1) is 13.8 Å². The fourth-order valence-electron chi connectivity index (χ4n) is 2.95. The van der Waals surface area contributed by atoms with Crippen molar-refractivity contribution in [3.8, 4) is 0 Å². The Morgan fingerprint density at radius 3 is 2.07 bits per heavy atom. The molecular formula is C18H23N5O3S. The van der Waals surface area contributed by atoms with Crippen molar-refractivity contribution in [2.75, 3.05) is 42.7 Å². The third-order valence-corrected chi connectivity index (χ3v) is 5.48. The minimum atomic E-state index is -3.25. The molecule has 1 aromatic heterocycles. The number of hydrogen-bond donors (Lipinski definition) is 1. The number of aromatic nitrogens is 2. The van der Waals surface area contributed by atoms with Crippen LogP contribution in [-0.4, -0.2) is 61.8 Å². The molecule has 0 spiro atoms. The number of anilines is 2. The van der Waals surface area contributed by atoms with E-state index in [2.05, 4.69) is 20.2 Å². The zero-order valence-corrected chi connectivity index (χ0v) is 16.5. The third kappa shape index (κ3) is 4.73. The van der Waals surface area contributed by atoms with Crippen molar-refractivity contribution in [3.05, 3.63) is 41.7 Å². The molecule has 0 atom stereocenters. The van der Waals surface area contributed by atoms with Crippen molar-refractivity contribution in [2.45, 2.75) is 18.7 Å². The van der Waals surface area contributed by atoms with Crippen LogP contribution in [0.1, 0.15) is 11.4 Å². The number of nitrogens with zero attached hydrogens (tertiary/aromatic N) is 4. The van der Waals surface area contributed by atoms with E-state index in [0.29, 0.717) is 37.8 Å². The van der Waals surface area contributed by atoms with E-state index in [4.69, 9.17) is 0 Å². The topological polar surface area (TPSA) is 95.5 Å². The van der Waals surface area contributed by atoms with Gasteiger partial charge in [0.25, 0.3) is 0 Å². The largest absolute Gasteiger partial charge is 0.337 e. The summed E-state index contributed by atoms with van der Waals surface area (Å²) in [5.74, 6) is 0.698. The van der Waals surface area contributed by atoms with Crippen LogP contribution in [0.3, 0.4) is 0 Å². The van der Waals surface area contributed by atoms with E-state index < -0.39 is 9.84 Å². The molecule has 2 amide bonds. The highest BCUT2D eigenvalue weighted by Crippen LogP contribution is 2.16. The maximum atomic E-state index is 12.4. The number of carbonyl (C=O) groups is 1. The van der Waals surface area contributed by atoms with Crippen LogP contribution in [-0.2, 0) is 9.84 Å². The zero-order chi connectivity index (χ0) is 19.6. The monoisotopic (exact) mass is 389 g/mol. The summed E-state index contributed by atoms with van der Waals surface area (Å²) in [6, 6.07) is 7.88. The summed E-state index contributed by atoms with van der Waals surface area (Å²) in [6.45, 7) is 6.31. The van der Waals surface area contributed by atoms with Gasteiger partial charge in [0, 0.05) is 49.5 Å². The first kappa shape index (κ1) is 19.1. The molecule has 1 aliphatic rings. The molecule has 1 aromatic carbocycles. The van der Waals surface area contributed by atoms with Crippen molar-refractivity contribution in [2.24, 2.45) is 0 Å². The van der Waals surface area contributed by atoms with Crippen LogP contribution >= 0.6 is 0 Å². The van der Waals surface area contributed by atoms with Crippen LogP contribution in [0.4, 0.5) is 16.4 Å². The number of sulfone groups is 1. The van der Waals surface area contributed by atoms with Crippen molar-refractivity contribution in [3.63, 3.8) is 0 Å². The highest BCUT2D eigenvalue weighted by atomic mass is 32.2. The summed E-state index contributed by atoms with van der Waals surface area (Å²) in [5.41, 5.74) is 2.41. The number of nitrogens with one attached hydrogen (secondary N) is 1. The minimum absolute atomic E-state index is 0.205. The molecule has 0 unspecified atom stereocenters. The molecule has 1 aliphatic heterocycles. The van der Waals surface area contributed by atoms with Gasteiger partial charge in [-0.1, -0.05) is 0 Å². The maximum absolute atomic E-state index is 12.4. The molecule has 1 N–H and O–H groups in total. The van der Waals surface area contributed by atoms with E-state index in [9.17, 15) is 13.2 Å². The van der Waals surface area contributed by atoms with E-state index in [1.807, 2.05) is 19.9 Å². The van der Waals surface area contributed by atoms with Gasteiger partial charge in [0.05, 0.1) is 4.90 Å². The van der Waals surface area contributed by atoms with Gasteiger partial charge in [0.2, 0.25) is 5.95 Å². The average molecular weight is 389 g/mol. The minimum Gasteiger partial charge on any atom is -0.337 e. The second-order valence-electron chi connectivity index (χ2n) is 6.65. The van der Waals surface area contributed by atoms with E-state index in [0.717, 1.165) is 17.6 Å². The standard InChI is InChI=1S/C18H23N5O3S/c1-13-12-14(2)20-17(19-13)22-8-10-23(11-9-22)18(24)21-15-4-6-16(7-5-15)27(3,25)26/h4-7,12H,8-11H2,1-3H3,(H,21,24). The summed E-state index contributed by atoms with van der Waals surface area (Å²) in [6.07, 6.45) is 1.15. The molecular weight excluding hydrogens is 366 g/mol. The number of hydrogen-bond acceptors (Lipinski definition) is 6. The Kier molecular flexibility index (Phi) is 5.31. The van der Waals surface area contributed by atoms with Crippen molar-refractivity contribution >= 4 is 27.5 Å². The molecule has 8 nitrogen and oxygen atoms in total. The van der Waals surface area contributed by atoms with E-state index >= 15 is 0 Å². The predicted molar refractivity (Wildman–Crippen MR) is 104 cm³/mol. The Morgan fingerprint density at radius 2 is 1.56 bits per heavy atom. The smallest absolute Gasteiger partial charge is 0.321 e. The van der Waals surface area contributed by atoms with Crippen LogP contribution in [0.5, 0.6) is 0 Å². The van der Waals surface area contributed by atoms with Gasteiger partial charge >= 0.3 is 6.03 Å². The number of aryl methyl sites for hydroxylation is 2. The van der Waals surface area contributed by atoms with Crippen molar-refractivity contribution < 1.29 is 13.2 Å². The fraction of sp³-hybridized carbons (Fsp3) is 0.389. The average Bonchev–Trinajstić information content (AvgIpc) is 2.61. The molecule has 144 valence electrons. The fourth-order valence-corrected chi connectivity index (χ4v) is 3.58. The number of urea groups is 1. The van der Waals surface area contributed by atoms with Gasteiger partial charge in [0.15, 0.2) is 9.84 Å². The van der Waals surface area contributed by atoms with Crippen LogP contribution in [0.2, 0.25) is 0 Å². The Labute approximate surface area is 159 Å². The molecule has 9 heteroatoms. The number of rotatable bonds is 3. The second kappa shape index (κ2) is 7.51. The van der Waals surface area contributed by atoms with Gasteiger partial charge in [0.1, 0.15) is 0 Å². The maximum Gasteiger partial charge on any atom is 0.321 e. The molecule has 2 aromatic rings. The summed E-state index contributed by atoms with van der Waals surface area (Å²) >= 11 is 0. The summed E-state index contributed by atoms with van der Waals surface area (Å²) in [7, 11) is -3.25. The molecule has 3 rings (SSSR count). The van der Waals surface area contributed by atoms with Gasteiger partial charge < -0.3 is 15.1 Å². The van der Waals surface area contributed by atoms with Crippen LogP contribution < -0.4 is 10.2 Å². The second-order valence-corrected chi connectivity index (χ2v) is 8.67. The molecule has 0 bridgehead atoms. The molecule has 2 heterocycles. The van der Waals surface area contributed by atoms with E-state index in [1.54, 1.807) is 17.0 Å². The number of piperazine rings is 1. The molecule has 0 saturated carbocycles. The first-order chi connectivity index (χ1) is 12.7. The Bertz CT molecular complexity index is 916. The van der Waals surface area contributed by atoms with E-state index in [-0.39, 0.29) is 10.9 Å². The van der Waals surface area contributed by atoms with Crippen LogP contribution in [0.15, 0.2) is 35.2 Å². The lowest BCUT2D eigenvalue weighted by molar-refractivity contribution is 0.208. The number of benzene rings is 1. The summed E-state index contributed by atoms with van der Waals surface area (Å²) in [5, 5.41) is 2.81.